The van der Waals surface area contributed by atoms with Gasteiger partial charge in [-0.25, -0.2) is 9.78 Å². The summed E-state index contributed by atoms with van der Waals surface area (Å²) in [5, 5.41) is 17.4. The molecule has 138 valence electrons. The Hall–Kier alpha value is -1.67. The van der Waals surface area contributed by atoms with Crippen LogP contribution in [0.5, 0.6) is 0 Å². The molecule has 25 heavy (non-hydrogen) atoms. The lowest BCUT2D eigenvalue weighted by atomic mass is 9.85. The SMILES string of the molecule is CCCc1csc(NC(=O)NC2CC(N(CC(=O)O)CC3CC3)C2)n1. The molecule has 0 radical (unpaired) electrons. The number of amides is 2. The van der Waals surface area contributed by atoms with E-state index in [9.17, 15) is 9.59 Å². The summed E-state index contributed by atoms with van der Waals surface area (Å²) in [4.78, 5) is 29.5. The summed E-state index contributed by atoms with van der Waals surface area (Å²) in [5.41, 5.74) is 1.01. The Morgan fingerprint density at radius 1 is 1.40 bits per heavy atom. The number of aromatic nitrogens is 1. The number of nitrogens with one attached hydrogen (secondary N) is 2. The number of carbonyl (C=O) groups excluding carboxylic acids is 1. The molecule has 0 aliphatic heterocycles. The van der Waals surface area contributed by atoms with Crippen molar-refractivity contribution in [2.24, 2.45) is 5.92 Å². The number of carboxylic acid groups (broad SMARTS) is 1. The fourth-order valence-corrected chi connectivity index (χ4v) is 3.95. The minimum absolute atomic E-state index is 0.0966. The molecule has 0 atom stereocenters. The normalized spacial score (nSPS) is 22.5. The number of aliphatic carboxylic acids is 1. The van der Waals surface area contributed by atoms with Gasteiger partial charge in [-0.3, -0.25) is 15.0 Å². The lowest BCUT2D eigenvalue weighted by Crippen LogP contribution is -2.55. The number of thiazole rings is 1. The van der Waals surface area contributed by atoms with Crippen LogP contribution in [0.2, 0.25) is 0 Å². The number of rotatable bonds is 9. The van der Waals surface area contributed by atoms with Gasteiger partial charge in [-0.15, -0.1) is 11.3 Å². The second-order valence-electron chi connectivity index (χ2n) is 7.08. The first-order valence-electron chi connectivity index (χ1n) is 9.01. The Balaban J connectivity index is 1.40. The van der Waals surface area contributed by atoms with Crippen molar-refractivity contribution < 1.29 is 14.7 Å². The molecule has 1 heterocycles. The van der Waals surface area contributed by atoms with Gasteiger partial charge in [0.15, 0.2) is 5.13 Å². The van der Waals surface area contributed by atoms with Gasteiger partial charge in [0.25, 0.3) is 0 Å². The molecule has 8 heteroatoms. The van der Waals surface area contributed by atoms with E-state index in [1.807, 2.05) is 5.38 Å². The molecule has 3 rings (SSSR count). The highest BCUT2D eigenvalue weighted by Gasteiger charge is 2.37. The molecule has 0 saturated heterocycles. The van der Waals surface area contributed by atoms with Crippen LogP contribution in [-0.2, 0) is 11.2 Å². The molecule has 0 unspecified atom stereocenters. The predicted octanol–water partition coefficient (Wildman–Crippen LogP) is 2.54. The summed E-state index contributed by atoms with van der Waals surface area (Å²) in [6, 6.07) is 0.140. The van der Waals surface area contributed by atoms with Gasteiger partial charge in [0.2, 0.25) is 0 Å². The van der Waals surface area contributed by atoms with E-state index in [0.717, 1.165) is 37.9 Å². The molecule has 0 aromatic carbocycles. The van der Waals surface area contributed by atoms with Crippen molar-refractivity contribution in [2.45, 2.75) is 57.5 Å². The Morgan fingerprint density at radius 3 is 2.80 bits per heavy atom. The molecule has 1 aromatic heterocycles. The van der Waals surface area contributed by atoms with Crippen molar-refractivity contribution in [2.75, 3.05) is 18.4 Å². The molecule has 0 bridgehead atoms. The smallest absolute Gasteiger partial charge is 0.321 e. The average molecular weight is 366 g/mol. The van der Waals surface area contributed by atoms with E-state index in [-0.39, 0.29) is 24.7 Å². The Kier molecular flexibility index (Phi) is 5.90. The predicted molar refractivity (Wildman–Crippen MR) is 97.0 cm³/mol. The van der Waals surface area contributed by atoms with Gasteiger partial charge in [0.05, 0.1) is 12.2 Å². The van der Waals surface area contributed by atoms with Crippen LogP contribution >= 0.6 is 11.3 Å². The maximum absolute atomic E-state index is 12.1. The molecule has 2 aliphatic rings. The van der Waals surface area contributed by atoms with E-state index >= 15 is 0 Å². The zero-order valence-corrected chi connectivity index (χ0v) is 15.3. The van der Waals surface area contributed by atoms with Gasteiger partial charge in [-0.05, 0) is 38.0 Å². The van der Waals surface area contributed by atoms with Crippen molar-refractivity contribution in [3.05, 3.63) is 11.1 Å². The second kappa shape index (κ2) is 8.14. The third-order valence-electron chi connectivity index (χ3n) is 4.77. The number of urea groups is 1. The van der Waals surface area contributed by atoms with Crippen LogP contribution in [0.3, 0.4) is 0 Å². The molecule has 3 N–H and O–H groups in total. The fourth-order valence-electron chi connectivity index (χ4n) is 3.21. The first kappa shape index (κ1) is 18.1. The summed E-state index contributed by atoms with van der Waals surface area (Å²) in [5.74, 6) is -0.113. The van der Waals surface area contributed by atoms with E-state index < -0.39 is 5.97 Å². The number of anilines is 1. The minimum atomic E-state index is -0.776. The van der Waals surface area contributed by atoms with Gasteiger partial charge in [0.1, 0.15) is 0 Å². The molecule has 2 aliphatic carbocycles. The molecule has 2 saturated carbocycles. The molecule has 7 nitrogen and oxygen atoms in total. The van der Waals surface area contributed by atoms with Crippen LogP contribution in [0.1, 0.15) is 44.7 Å². The highest BCUT2D eigenvalue weighted by Crippen LogP contribution is 2.33. The lowest BCUT2D eigenvalue weighted by molar-refractivity contribution is -0.139. The molecule has 0 spiro atoms. The highest BCUT2D eigenvalue weighted by atomic mass is 32.1. The van der Waals surface area contributed by atoms with E-state index in [1.54, 1.807) is 0 Å². The monoisotopic (exact) mass is 366 g/mol. The second-order valence-corrected chi connectivity index (χ2v) is 7.94. The lowest BCUT2D eigenvalue weighted by Gasteiger charge is -2.42. The minimum Gasteiger partial charge on any atom is -0.480 e. The molecular formula is C17H26N4O3S. The van der Waals surface area contributed by atoms with Crippen LogP contribution in [-0.4, -0.2) is 52.2 Å². The average Bonchev–Trinajstić information content (AvgIpc) is 3.21. The zero-order valence-electron chi connectivity index (χ0n) is 14.5. The standard InChI is InChI=1S/C17H26N4O3S/c1-2-3-12-10-25-17(19-12)20-16(24)18-13-6-14(7-13)21(9-15(22)23)8-11-4-5-11/h10-11,13-14H,2-9H2,1H3,(H,22,23)(H2,18,19,20,24). The summed E-state index contributed by atoms with van der Waals surface area (Å²) in [6.45, 7) is 3.07. The molecular weight excluding hydrogens is 340 g/mol. The van der Waals surface area contributed by atoms with Crippen LogP contribution < -0.4 is 10.6 Å². The summed E-state index contributed by atoms with van der Waals surface area (Å²) in [7, 11) is 0. The van der Waals surface area contributed by atoms with Crippen LogP contribution in [0.4, 0.5) is 9.93 Å². The van der Waals surface area contributed by atoms with Crippen molar-refractivity contribution in [3.8, 4) is 0 Å². The molecule has 2 amide bonds. The fraction of sp³-hybridized carbons (Fsp3) is 0.706. The third kappa shape index (κ3) is 5.40. The Morgan fingerprint density at radius 2 is 2.16 bits per heavy atom. The van der Waals surface area contributed by atoms with E-state index in [0.29, 0.717) is 11.0 Å². The van der Waals surface area contributed by atoms with Gasteiger partial charge < -0.3 is 10.4 Å². The van der Waals surface area contributed by atoms with E-state index in [2.05, 4.69) is 27.4 Å². The quantitative estimate of drug-likeness (QED) is 0.624. The van der Waals surface area contributed by atoms with Crippen LogP contribution in [0.25, 0.3) is 0 Å². The van der Waals surface area contributed by atoms with Crippen molar-refractivity contribution >= 4 is 28.5 Å². The maximum Gasteiger partial charge on any atom is 0.321 e. The number of hydrogen-bond acceptors (Lipinski definition) is 5. The maximum atomic E-state index is 12.1. The Labute approximate surface area is 151 Å². The third-order valence-corrected chi connectivity index (χ3v) is 5.58. The largest absolute Gasteiger partial charge is 0.480 e. The van der Waals surface area contributed by atoms with Crippen molar-refractivity contribution in [3.63, 3.8) is 0 Å². The topological polar surface area (TPSA) is 94.6 Å². The van der Waals surface area contributed by atoms with Gasteiger partial charge in [0, 0.05) is 24.0 Å². The van der Waals surface area contributed by atoms with E-state index in [4.69, 9.17) is 5.11 Å². The summed E-state index contributed by atoms with van der Waals surface area (Å²) in [6.07, 6.45) is 6.00. The van der Waals surface area contributed by atoms with Gasteiger partial charge in [-0.2, -0.15) is 0 Å². The summed E-state index contributed by atoms with van der Waals surface area (Å²) >= 11 is 1.44. The number of carboxylic acids is 1. The van der Waals surface area contributed by atoms with Gasteiger partial charge in [-0.1, -0.05) is 13.3 Å². The number of carbonyl (C=O) groups is 2. The van der Waals surface area contributed by atoms with Crippen LogP contribution in [0, 0.1) is 5.92 Å². The first-order valence-corrected chi connectivity index (χ1v) is 9.89. The Bertz CT molecular complexity index is 611. The molecule has 1 aromatic rings. The van der Waals surface area contributed by atoms with E-state index in [1.165, 1.54) is 24.2 Å². The number of nitrogens with zero attached hydrogens (tertiary/aromatic N) is 2. The summed E-state index contributed by atoms with van der Waals surface area (Å²) < 4.78 is 0. The van der Waals surface area contributed by atoms with Crippen LogP contribution in [0.15, 0.2) is 5.38 Å². The molecule has 2 fully saturated rings. The van der Waals surface area contributed by atoms with Crippen molar-refractivity contribution in [1.29, 1.82) is 0 Å². The first-order chi connectivity index (χ1) is 12.0. The zero-order chi connectivity index (χ0) is 17.8. The highest BCUT2D eigenvalue weighted by molar-refractivity contribution is 7.13. The van der Waals surface area contributed by atoms with Gasteiger partial charge >= 0.3 is 12.0 Å². The number of hydrogen-bond donors (Lipinski definition) is 3. The van der Waals surface area contributed by atoms with Crippen molar-refractivity contribution in [1.82, 2.24) is 15.2 Å². The number of aryl methyl sites for hydroxylation is 1.